The first-order chi connectivity index (χ1) is 44.3. The Morgan fingerprint density at radius 3 is 1.15 bits per heavy atom. The third-order valence-electron chi connectivity index (χ3n) is 21.5. The summed E-state index contributed by atoms with van der Waals surface area (Å²) < 4.78 is 12.7. The Kier molecular flexibility index (Phi) is 13.4. The fraction of sp³-hybridized carbons (Fsp3) is 0.256. The molecule has 0 spiro atoms. The molecule has 0 unspecified atom stereocenters. The fourth-order valence-electron chi connectivity index (χ4n) is 17.1. The van der Waals surface area contributed by atoms with Gasteiger partial charge in [-0.3, -0.25) is 0 Å². The van der Waals surface area contributed by atoms with Crippen molar-refractivity contribution in [3.05, 3.63) is 214 Å². The zero-order valence-corrected chi connectivity index (χ0v) is 56.5. The number of methoxy groups -OCH3 is 2. The summed E-state index contributed by atoms with van der Waals surface area (Å²) in [7, 11) is 3.63. The third kappa shape index (κ3) is 8.36. The van der Waals surface area contributed by atoms with Crippen LogP contribution in [-0.4, -0.2) is 27.6 Å². The molecule has 0 atom stereocenters. The van der Waals surface area contributed by atoms with E-state index in [1.54, 1.807) is 7.11 Å². The molecular weight excluding hydrogens is 1110 g/mol. The molecule has 6 heteroatoms. The number of rotatable bonds is 12. The summed E-state index contributed by atoms with van der Waals surface area (Å²) in [6.07, 6.45) is 0. The topological polar surface area (TPSA) is 24.9 Å². The summed E-state index contributed by atoms with van der Waals surface area (Å²) >= 11 is 0. The number of nitrogens with zero attached hydrogens (tertiary/aromatic N) is 2. The van der Waals surface area contributed by atoms with E-state index in [2.05, 4.69) is 277 Å². The molecule has 454 valence electrons. The van der Waals surface area contributed by atoms with E-state index in [-0.39, 0.29) is 37.1 Å². The van der Waals surface area contributed by atoms with Crippen molar-refractivity contribution in [2.24, 2.45) is 0 Å². The molecule has 16 rings (SSSR count). The summed E-state index contributed by atoms with van der Waals surface area (Å²) in [4.78, 5) is 5.06. The zero-order valence-electron chi connectivity index (χ0n) is 56.5. The summed E-state index contributed by atoms with van der Waals surface area (Å²) in [6, 6.07) is 67.0. The van der Waals surface area contributed by atoms with Gasteiger partial charge in [-0.05, 0) is 253 Å². The van der Waals surface area contributed by atoms with Crippen LogP contribution in [0, 0.1) is 13.8 Å². The first kappa shape index (κ1) is 58.1. The van der Waals surface area contributed by atoms with Gasteiger partial charge in [-0.15, -0.1) is 0 Å². The smallest absolute Gasteiger partial charge is 0.248 e. The van der Waals surface area contributed by atoms with E-state index in [1.807, 2.05) is 7.11 Å². The van der Waals surface area contributed by atoms with Gasteiger partial charge in [-0.1, -0.05) is 191 Å². The highest BCUT2D eigenvalue weighted by atomic mass is 16.5. The van der Waals surface area contributed by atoms with Gasteiger partial charge in [0.1, 0.15) is 11.5 Å². The molecule has 12 aromatic carbocycles. The molecule has 0 aromatic heterocycles. The lowest BCUT2D eigenvalue weighted by atomic mass is 9.31. The van der Waals surface area contributed by atoms with Crippen LogP contribution < -0.4 is 52.1 Å². The van der Waals surface area contributed by atoms with Crippen LogP contribution in [0.2, 0.25) is 0 Å². The van der Waals surface area contributed by atoms with E-state index in [0.717, 1.165) is 28.6 Å². The van der Waals surface area contributed by atoms with Gasteiger partial charge in [0.25, 0.3) is 0 Å². The van der Waals surface area contributed by atoms with E-state index in [4.69, 9.17) is 9.47 Å². The zero-order chi connectivity index (χ0) is 63.8. The maximum absolute atomic E-state index is 6.55. The van der Waals surface area contributed by atoms with Gasteiger partial charge in [0.05, 0.1) is 14.2 Å². The van der Waals surface area contributed by atoms with Gasteiger partial charge in [0.2, 0.25) is 13.4 Å². The standard InChI is InChI=1S/C86H82B2N2O2/c1-45(2)53-34-59(47(5)6)79(60(35-53)48(7)8)63-41-65-69-31-52(14)33-77-85(69)87(71-29-27-51(13)32-75(71)89(77)55-23-19-17-20-24-55)73-43-68-64(80-61(49(9)10)36-54(46(3)4)37-62(80)50(11)12)42-66-70-38-58(92-16)40-78-86(70)88(74-44-67(63)83(81(65)73)84(68)82(66)74)72-30-28-57(91-15)39-76(72)90(78)56-25-21-18-22-26-56/h17-50H,1-16H3. The second-order valence-electron chi connectivity index (χ2n) is 29.1. The number of benzene rings is 12. The SMILES string of the molecule is COc1ccc2c(c1)N(c1ccccc1)c1cc(OC)cc3c1B2c1cc2c(-c4c(C(C)C)cc(C(C)C)cc4C(C)C)cc4c5c(cc6c(-c7c(C(C)C)cc(C(C)C)cc7C(C)C)cc-3c1c6c25)B1c2ccc(C)cc2N(c2ccccc2)c2cc(C)cc-4c21. The predicted octanol–water partition coefficient (Wildman–Crippen LogP) is 19.9. The van der Waals surface area contributed by atoms with Crippen molar-refractivity contribution in [2.45, 2.75) is 132 Å². The number of hydrogen-bond donors (Lipinski definition) is 0. The number of anilines is 6. The van der Waals surface area contributed by atoms with E-state index < -0.39 is 0 Å². The Hall–Kier alpha value is -8.99. The Labute approximate surface area is 545 Å². The molecule has 0 radical (unpaired) electrons. The molecule has 0 bridgehead atoms. The Morgan fingerprint density at radius 1 is 0.315 bits per heavy atom. The lowest BCUT2D eigenvalue weighted by Crippen LogP contribution is -2.60. The van der Waals surface area contributed by atoms with Gasteiger partial charge >= 0.3 is 0 Å². The monoisotopic (exact) mass is 1200 g/mol. The van der Waals surface area contributed by atoms with E-state index >= 15 is 0 Å². The Bertz CT molecular complexity index is 5010. The summed E-state index contributed by atoms with van der Waals surface area (Å²) in [6.45, 7) is 33.2. The van der Waals surface area contributed by atoms with Crippen LogP contribution in [0.25, 0.3) is 76.8 Å². The highest BCUT2D eigenvalue weighted by Gasteiger charge is 2.47. The lowest BCUT2D eigenvalue weighted by molar-refractivity contribution is 0.415. The predicted molar refractivity (Wildman–Crippen MR) is 398 cm³/mol. The number of aryl methyl sites for hydroxylation is 2. The van der Waals surface area contributed by atoms with Crippen LogP contribution in [0.5, 0.6) is 11.5 Å². The summed E-state index contributed by atoms with van der Waals surface area (Å²) in [5.74, 6) is 3.40. The molecule has 0 fully saturated rings. The second-order valence-corrected chi connectivity index (χ2v) is 29.1. The van der Waals surface area contributed by atoms with Crippen molar-refractivity contribution in [1.29, 1.82) is 0 Å². The van der Waals surface area contributed by atoms with Gasteiger partial charge in [0.15, 0.2) is 0 Å². The molecule has 0 amide bonds. The Balaban J connectivity index is 1.19. The van der Waals surface area contributed by atoms with E-state index in [1.165, 1.54) is 171 Å². The molecular formula is C86H82B2N2O2. The number of hydrogen-bond acceptors (Lipinski definition) is 4. The van der Waals surface area contributed by atoms with Gasteiger partial charge in [-0.2, -0.15) is 0 Å². The molecule has 4 heterocycles. The molecule has 0 saturated heterocycles. The molecule has 4 nitrogen and oxygen atoms in total. The van der Waals surface area contributed by atoms with Crippen molar-refractivity contribution in [3.8, 4) is 56.0 Å². The highest BCUT2D eigenvalue weighted by Crippen LogP contribution is 2.56. The van der Waals surface area contributed by atoms with Crippen molar-refractivity contribution >= 4 is 113 Å². The number of ether oxygens (including phenoxy) is 2. The lowest BCUT2D eigenvalue weighted by Gasteiger charge is -2.43. The maximum atomic E-state index is 6.55. The van der Waals surface area contributed by atoms with Crippen molar-refractivity contribution in [3.63, 3.8) is 0 Å². The third-order valence-corrected chi connectivity index (χ3v) is 21.5. The molecule has 92 heavy (non-hydrogen) atoms. The van der Waals surface area contributed by atoms with Gasteiger partial charge < -0.3 is 19.3 Å². The molecule has 0 saturated carbocycles. The minimum atomic E-state index is -0.139. The van der Waals surface area contributed by atoms with Crippen LogP contribution in [0.4, 0.5) is 34.1 Å². The normalized spacial score (nSPS) is 13.5. The van der Waals surface area contributed by atoms with E-state index in [0.29, 0.717) is 11.8 Å². The highest BCUT2D eigenvalue weighted by molar-refractivity contribution is 7.02. The van der Waals surface area contributed by atoms with Crippen LogP contribution >= 0.6 is 0 Å². The first-order valence-corrected chi connectivity index (χ1v) is 33.9. The molecule has 4 aliphatic heterocycles. The maximum Gasteiger partial charge on any atom is 0.248 e. The molecule has 0 N–H and O–H groups in total. The first-order valence-electron chi connectivity index (χ1n) is 33.9. The largest absolute Gasteiger partial charge is 0.497 e. The minimum absolute atomic E-state index is 0.0574. The molecule has 12 aromatic rings. The average Bonchev–Trinajstić information content (AvgIpc) is 0.665. The van der Waals surface area contributed by atoms with Crippen LogP contribution in [-0.2, 0) is 0 Å². The molecule has 4 aliphatic rings. The van der Waals surface area contributed by atoms with E-state index in [9.17, 15) is 0 Å². The van der Waals surface area contributed by atoms with Crippen molar-refractivity contribution in [2.75, 3.05) is 24.0 Å². The molecule has 0 aliphatic carbocycles. The van der Waals surface area contributed by atoms with Crippen molar-refractivity contribution < 1.29 is 9.47 Å². The van der Waals surface area contributed by atoms with Crippen LogP contribution in [0.3, 0.4) is 0 Å². The average molecular weight is 1200 g/mol. The minimum Gasteiger partial charge on any atom is -0.497 e. The summed E-state index contributed by atoms with van der Waals surface area (Å²) in [5, 5.41) is 8.09. The van der Waals surface area contributed by atoms with Gasteiger partial charge in [0, 0.05) is 46.3 Å². The number of fused-ring (bicyclic) bond motifs is 8. The number of para-hydroxylation sites is 2. The van der Waals surface area contributed by atoms with Crippen molar-refractivity contribution in [1.82, 2.24) is 0 Å². The fourth-order valence-corrected chi connectivity index (χ4v) is 17.1. The summed E-state index contributed by atoms with van der Waals surface area (Å²) in [5.41, 5.74) is 36.5. The van der Waals surface area contributed by atoms with Gasteiger partial charge in [-0.25, -0.2) is 0 Å². The Morgan fingerprint density at radius 2 is 0.717 bits per heavy atom. The second kappa shape index (κ2) is 21.3. The van der Waals surface area contributed by atoms with Crippen LogP contribution in [0.1, 0.15) is 163 Å². The van der Waals surface area contributed by atoms with Crippen LogP contribution in [0.15, 0.2) is 170 Å². The quantitative estimate of drug-likeness (QED) is 0.0899.